The van der Waals surface area contributed by atoms with Crippen LogP contribution < -0.4 is 0 Å². The molecule has 0 spiro atoms. The Kier molecular flexibility index (Phi) is 6.40. The molecule has 0 aliphatic rings. The van der Waals surface area contributed by atoms with Crippen LogP contribution in [0.4, 0.5) is 0 Å². The van der Waals surface area contributed by atoms with E-state index in [0.29, 0.717) is 0 Å². The number of hydrogen-bond donors (Lipinski definition) is 0. The van der Waals surface area contributed by atoms with Gasteiger partial charge in [-0.25, -0.2) is 0 Å². The summed E-state index contributed by atoms with van der Waals surface area (Å²) in [5, 5.41) is 0. The summed E-state index contributed by atoms with van der Waals surface area (Å²) in [6, 6.07) is 23.4. The Bertz CT molecular complexity index is 1210. The largest absolute Gasteiger partial charge is 0.264 e. The van der Waals surface area contributed by atoms with Gasteiger partial charge in [-0.05, 0) is 72.2 Å². The van der Waals surface area contributed by atoms with Gasteiger partial charge in [-0.3, -0.25) is 15.0 Å². The normalized spacial score (nSPS) is 12.6. The summed E-state index contributed by atoms with van der Waals surface area (Å²) in [7, 11) is 0. The van der Waals surface area contributed by atoms with E-state index in [1.54, 1.807) is 6.20 Å². The minimum Gasteiger partial charge on any atom is -0.264 e. The third-order valence-electron chi connectivity index (χ3n) is 6.69. The van der Waals surface area contributed by atoms with Crippen LogP contribution in [0.1, 0.15) is 77.9 Å². The van der Waals surface area contributed by atoms with E-state index in [4.69, 9.17) is 9.97 Å². The molecule has 3 heteroatoms. The molecule has 4 aromatic rings. The molecule has 3 aromatic heterocycles. The van der Waals surface area contributed by atoms with Crippen LogP contribution >= 0.6 is 0 Å². The van der Waals surface area contributed by atoms with Gasteiger partial charge in [-0.1, -0.05) is 71.9 Å². The lowest BCUT2D eigenvalue weighted by atomic mass is 9.78. The highest BCUT2D eigenvalue weighted by Crippen LogP contribution is 2.37. The van der Waals surface area contributed by atoms with Crippen molar-refractivity contribution in [1.29, 1.82) is 0 Å². The lowest BCUT2D eigenvalue weighted by Gasteiger charge is -2.30. The summed E-state index contributed by atoms with van der Waals surface area (Å²) in [5.41, 5.74) is 8.26. The van der Waals surface area contributed by atoms with Crippen molar-refractivity contribution in [1.82, 2.24) is 15.0 Å². The van der Waals surface area contributed by atoms with Gasteiger partial charge in [0, 0.05) is 28.9 Å². The highest BCUT2D eigenvalue weighted by Gasteiger charge is 2.31. The number of rotatable bonds is 4. The standard InChI is InChI=1S/C32H37N3/c1-30(2,3)24-17-26(22-13-10-9-11-14-22)34-28(19-24)32(7,8)29-20-25(31(4,5)6)18-27(35-29)23-15-12-16-33-21-23/h9-21H,1-8H3. The molecule has 0 unspecified atom stereocenters. The fraction of sp³-hybridized carbons (Fsp3) is 0.344. The summed E-state index contributed by atoms with van der Waals surface area (Å²) in [6.07, 6.45) is 3.69. The molecule has 4 rings (SSSR count). The van der Waals surface area contributed by atoms with Gasteiger partial charge in [0.1, 0.15) is 0 Å². The predicted octanol–water partition coefficient (Wildman–Crippen LogP) is 8.13. The SMILES string of the molecule is CC(C)(C)c1cc(-c2ccccc2)nc(C(C)(C)c2cc(C(C)(C)C)cc(-c3cccnc3)n2)c1. The van der Waals surface area contributed by atoms with Crippen LogP contribution in [0, 0.1) is 0 Å². The molecule has 3 heterocycles. The average molecular weight is 464 g/mol. The maximum Gasteiger partial charge on any atom is 0.0724 e. The number of nitrogens with zero attached hydrogens (tertiary/aromatic N) is 3. The van der Waals surface area contributed by atoms with Gasteiger partial charge in [0.25, 0.3) is 0 Å². The van der Waals surface area contributed by atoms with Crippen molar-refractivity contribution in [3.05, 3.63) is 102 Å². The Morgan fingerprint density at radius 3 is 1.49 bits per heavy atom. The summed E-state index contributed by atoms with van der Waals surface area (Å²) in [5.74, 6) is 0. The first-order chi connectivity index (χ1) is 16.4. The van der Waals surface area contributed by atoms with Gasteiger partial charge in [0.2, 0.25) is 0 Å². The highest BCUT2D eigenvalue weighted by molar-refractivity contribution is 5.62. The first-order valence-corrected chi connectivity index (χ1v) is 12.4. The number of hydrogen-bond acceptors (Lipinski definition) is 3. The molecule has 0 radical (unpaired) electrons. The summed E-state index contributed by atoms with van der Waals surface area (Å²) in [4.78, 5) is 14.7. The van der Waals surface area contributed by atoms with Crippen LogP contribution in [-0.4, -0.2) is 15.0 Å². The Balaban J connectivity index is 1.94. The van der Waals surface area contributed by atoms with E-state index >= 15 is 0 Å². The van der Waals surface area contributed by atoms with Gasteiger partial charge < -0.3 is 0 Å². The topological polar surface area (TPSA) is 38.7 Å². The second-order valence-electron chi connectivity index (χ2n) is 12.0. The molecule has 180 valence electrons. The second-order valence-corrected chi connectivity index (χ2v) is 12.0. The molecule has 0 aliphatic heterocycles. The lowest BCUT2D eigenvalue weighted by molar-refractivity contribution is 0.559. The van der Waals surface area contributed by atoms with Gasteiger partial charge in [-0.15, -0.1) is 0 Å². The zero-order valence-corrected chi connectivity index (χ0v) is 22.3. The van der Waals surface area contributed by atoms with Crippen molar-refractivity contribution in [2.45, 2.75) is 71.6 Å². The minimum atomic E-state index is -0.400. The fourth-order valence-electron chi connectivity index (χ4n) is 4.12. The molecule has 3 nitrogen and oxygen atoms in total. The Morgan fingerprint density at radius 1 is 0.543 bits per heavy atom. The van der Waals surface area contributed by atoms with Crippen molar-refractivity contribution < 1.29 is 0 Å². The Hall–Kier alpha value is -3.33. The molecule has 0 amide bonds. The van der Waals surface area contributed by atoms with Crippen LogP contribution in [0.3, 0.4) is 0 Å². The fourth-order valence-corrected chi connectivity index (χ4v) is 4.12. The molecule has 0 saturated carbocycles. The first-order valence-electron chi connectivity index (χ1n) is 12.4. The van der Waals surface area contributed by atoms with Gasteiger partial charge in [0.15, 0.2) is 0 Å². The van der Waals surface area contributed by atoms with Crippen LogP contribution in [0.25, 0.3) is 22.5 Å². The van der Waals surface area contributed by atoms with Gasteiger partial charge in [-0.2, -0.15) is 0 Å². The lowest BCUT2D eigenvalue weighted by Crippen LogP contribution is -2.25. The third kappa shape index (κ3) is 5.35. The maximum atomic E-state index is 5.21. The predicted molar refractivity (Wildman–Crippen MR) is 147 cm³/mol. The first kappa shape index (κ1) is 24.8. The summed E-state index contributed by atoms with van der Waals surface area (Å²) < 4.78 is 0. The molecule has 1 aromatic carbocycles. The molecule has 0 aliphatic carbocycles. The van der Waals surface area contributed by atoms with Gasteiger partial charge in [0.05, 0.1) is 22.8 Å². The molecule has 35 heavy (non-hydrogen) atoms. The number of pyridine rings is 3. The molecule has 0 fully saturated rings. The highest BCUT2D eigenvalue weighted by atomic mass is 14.8. The van der Waals surface area contributed by atoms with E-state index in [-0.39, 0.29) is 10.8 Å². The second kappa shape index (κ2) is 9.03. The number of aromatic nitrogens is 3. The molecular weight excluding hydrogens is 426 g/mol. The number of benzene rings is 1. The smallest absolute Gasteiger partial charge is 0.0724 e. The van der Waals surface area contributed by atoms with E-state index in [1.807, 2.05) is 18.3 Å². The van der Waals surface area contributed by atoms with E-state index in [1.165, 1.54) is 11.1 Å². The quantitative estimate of drug-likeness (QED) is 0.307. The summed E-state index contributed by atoms with van der Waals surface area (Å²) in [6.45, 7) is 18.0. The van der Waals surface area contributed by atoms with Crippen LogP contribution in [0.2, 0.25) is 0 Å². The van der Waals surface area contributed by atoms with Crippen LogP contribution in [0.5, 0.6) is 0 Å². The molecule has 0 bridgehead atoms. The third-order valence-corrected chi connectivity index (χ3v) is 6.69. The minimum absolute atomic E-state index is 0.00114. The van der Waals surface area contributed by atoms with Crippen LogP contribution in [-0.2, 0) is 16.2 Å². The monoisotopic (exact) mass is 463 g/mol. The van der Waals surface area contributed by atoms with Crippen LogP contribution in [0.15, 0.2) is 79.1 Å². The van der Waals surface area contributed by atoms with Crippen molar-refractivity contribution in [2.75, 3.05) is 0 Å². The van der Waals surface area contributed by atoms with Crippen molar-refractivity contribution in [3.8, 4) is 22.5 Å². The molecule has 0 atom stereocenters. The van der Waals surface area contributed by atoms with Crippen molar-refractivity contribution in [2.24, 2.45) is 0 Å². The van der Waals surface area contributed by atoms with E-state index < -0.39 is 5.41 Å². The summed E-state index contributed by atoms with van der Waals surface area (Å²) >= 11 is 0. The molecular formula is C32H37N3. The van der Waals surface area contributed by atoms with E-state index in [9.17, 15) is 0 Å². The van der Waals surface area contributed by atoms with Gasteiger partial charge >= 0.3 is 0 Å². The van der Waals surface area contributed by atoms with Crippen molar-refractivity contribution >= 4 is 0 Å². The molecule has 0 saturated heterocycles. The zero-order chi connectivity index (χ0) is 25.4. The zero-order valence-electron chi connectivity index (χ0n) is 22.3. The van der Waals surface area contributed by atoms with Crippen molar-refractivity contribution in [3.63, 3.8) is 0 Å². The Morgan fingerprint density at radius 2 is 1.03 bits per heavy atom. The molecule has 0 N–H and O–H groups in total. The van der Waals surface area contributed by atoms with E-state index in [0.717, 1.165) is 33.9 Å². The maximum absolute atomic E-state index is 5.21. The van der Waals surface area contributed by atoms with E-state index in [2.05, 4.69) is 115 Å². The average Bonchev–Trinajstić information content (AvgIpc) is 2.83. The Labute approximate surface area is 210 Å².